The summed E-state index contributed by atoms with van der Waals surface area (Å²) in [4.78, 5) is 30.6. The molecule has 144 valence electrons. The van der Waals surface area contributed by atoms with Crippen LogP contribution in [-0.4, -0.2) is 45.5 Å². The number of hydrogen-bond donors (Lipinski definition) is 1. The van der Waals surface area contributed by atoms with Gasteiger partial charge in [-0.15, -0.1) is 0 Å². The van der Waals surface area contributed by atoms with Crippen molar-refractivity contribution in [3.8, 4) is 0 Å². The summed E-state index contributed by atoms with van der Waals surface area (Å²) < 4.78 is 1.18. The van der Waals surface area contributed by atoms with Gasteiger partial charge in [-0.3, -0.25) is 9.69 Å². The normalized spacial score (nSPS) is 23.5. The summed E-state index contributed by atoms with van der Waals surface area (Å²) in [6.45, 7) is 3.88. The molecule has 1 fully saturated rings. The number of carbonyl (C=O) groups excluding carboxylic acids is 1. The van der Waals surface area contributed by atoms with Crippen LogP contribution in [0.4, 0.5) is 16.8 Å². The Morgan fingerprint density at radius 3 is 2.61 bits per heavy atom. The number of hydrogen-bond acceptors (Lipinski definition) is 7. The summed E-state index contributed by atoms with van der Waals surface area (Å²) in [7, 11) is 1.90. The highest BCUT2D eigenvalue weighted by Crippen LogP contribution is 2.42. The van der Waals surface area contributed by atoms with Crippen LogP contribution in [0.3, 0.4) is 0 Å². The number of likely N-dealkylation sites (N-methyl/N-ethyl adjacent to an activating group) is 1. The first-order chi connectivity index (χ1) is 13.4. The molecule has 2 aromatic heterocycles. The van der Waals surface area contributed by atoms with Gasteiger partial charge in [0.15, 0.2) is 16.8 Å². The van der Waals surface area contributed by atoms with Gasteiger partial charge in [0.1, 0.15) is 5.54 Å². The molecule has 0 radical (unpaired) electrons. The van der Waals surface area contributed by atoms with E-state index in [1.54, 1.807) is 23.7 Å². The van der Waals surface area contributed by atoms with Crippen molar-refractivity contribution in [2.45, 2.75) is 44.3 Å². The lowest BCUT2D eigenvalue weighted by Gasteiger charge is -2.50. The minimum absolute atomic E-state index is 0.0754. The number of aromatic nitrogens is 3. The Hall–Kier alpha value is -2.74. The zero-order valence-corrected chi connectivity index (χ0v) is 16.9. The molecule has 2 aliphatic rings. The molecule has 1 N–H and O–H groups in total. The largest absolute Gasteiger partial charge is 0.359 e. The topological polar surface area (TPSA) is 74.2 Å². The van der Waals surface area contributed by atoms with Gasteiger partial charge in [-0.1, -0.05) is 23.5 Å². The molecule has 1 saturated carbocycles. The van der Waals surface area contributed by atoms with Crippen molar-refractivity contribution in [1.29, 1.82) is 0 Å². The number of anilines is 3. The standard InChI is InChI=1S/C20H22N6OS/c1-20(2)18(27)26(17-16(25(20)3)21-8-9-22-17)13-10-12(11-13)23-19-24-14-6-4-5-7-15(14)28-19/h4-9,12-13H,10-11H2,1-3H3,(H,23,24)/t12-,13-. The third-order valence-corrected chi connectivity index (χ3v) is 6.85. The number of nitrogens with one attached hydrogen (secondary N) is 1. The number of fused-ring (bicyclic) bond motifs is 2. The SMILES string of the molecule is CN1c2nccnc2N([C@H]2C[C@H](Nc3nc4ccccc4s3)C2)C(=O)C1(C)C. The third-order valence-electron chi connectivity index (χ3n) is 5.89. The molecule has 7 nitrogen and oxygen atoms in total. The molecule has 0 spiro atoms. The van der Waals surface area contributed by atoms with Crippen molar-refractivity contribution in [2.24, 2.45) is 0 Å². The number of nitrogens with zero attached hydrogens (tertiary/aromatic N) is 5. The third kappa shape index (κ3) is 2.55. The smallest absolute Gasteiger partial charge is 0.253 e. The summed E-state index contributed by atoms with van der Waals surface area (Å²) in [5.41, 5.74) is 0.375. The molecule has 3 aromatic rings. The van der Waals surface area contributed by atoms with E-state index in [1.165, 1.54) is 4.70 Å². The van der Waals surface area contributed by atoms with Gasteiger partial charge in [-0.25, -0.2) is 15.0 Å². The molecule has 0 bridgehead atoms. The first-order valence-electron chi connectivity index (χ1n) is 9.46. The predicted molar refractivity (Wildman–Crippen MR) is 112 cm³/mol. The number of rotatable bonds is 3. The van der Waals surface area contributed by atoms with Crippen LogP contribution in [-0.2, 0) is 4.79 Å². The minimum Gasteiger partial charge on any atom is -0.359 e. The first-order valence-corrected chi connectivity index (χ1v) is 10.3. The number of carbonyl (C=O) groups is 1. The molecule has 5 rings (SSSR count). The molecule has 0 unspecified atom stereocenters. The van der Waals surface area contributed by atoms with Crippen LogP contribution in [0.2, 0.25) is 0 Å². The van der Waals surface area contributed by atoms with Crippen LogP contribution >= 0.6 is 11.3 Å². The van der Waals surface area contributed by atoms with Crippen LogP contribution in [0.25, 0.3) is 10.2 Å². The Morgan fingerprint density at radius 2 is 1.86 bits per heavy atom. The van der Waals surface area contributed by atoms with Crippen molar-refractivity contribution >= 4 is 44.2 Å². The van der Waals surface area contributed by atoms with Crippen LogP contribution in [0.5, 0.6) is 0 Å². The van der Waals surface area contributed by atoms with Crippen molar-refractivity contribution in [3.05, 3.63) is 36.7 Å². The van der Waals surface area contributed by atoms with Crippen molar-refractivity contribution < 1.29 is 4.79 Å². The fourth-order valence-corrected chi connectivity index (χ4v) is 4.84. The van der Waals surface area contributed by atoms with E-state index < -0.39 is 5.54 Å². The quantitative estimate of drug-likeness (QED) is 0.735. The van der Waals surface area contributed by atoms with Crippen molar-refractivity contribution in [2.75, 3.05) is 22.2 Å². The highest BCUT2D eigenvalue weighted by atomic mass is 32.1. The maximum Gasteiger partial charge on any atom is 0.253 e. The zero-order chi connectivity index (χ0) is 19.5. The summed E-state index contributed by atoms with van der Waals surface area (Å²) in [5, 5.41) is 4.47. The van der Waals surface area contributed by atoms with E-state index in [2.05, 4.69) is 26.3 Å². The Labute approximate surface area is 167 Å². The summed E-state index contributed by atoms with van der Waals surface area (Å²) in [6, 6.07) is 8.58. The minimum atomic E-state index is -0.644. The summed E-state index contributed by atoms with van der Waals surface area (Å²) >= 11 is 1.67. The zero-order valence-electron chi connectivity index (χ0n) is 16.1. The highest BCUT2D eigenvalue weighted by molar-refractivity contribution is 7.22. The van der Waals surface area contributed by atoms with E-state index in [9.17, 15) is 4.79 Å². The van der Waals surface area contributed by atoms with E-state index in [-0.39, 0.29) is 11.9 Å². The average Bonchev–Trinajstić information content (AvgIpc) is 3.07. The van der Waals surface area contributed by atoms with Gasteiger partial charge in [-0.2, -0.15) is 0 Å². The van der Waals surface area contributed by atoms with Crippen LogP contribution < -0.4 is 15.1 Å². The Morgan fingerprint density at radius 1 is 1.14 bits per heavy atom. The molecule has 0 atom stereocenters. The van der Waals surface area contributed by atoms with Crippen LogP contribution in [0.15, 0.2) is 36.7 Å². The molecule has 1 amide bonds. The van der Waals surface area contributed by atoms with Gasteiger partial charge >= 0.3 is 0 Å². The summed E-state index contributed by atoms with van der Waals surface area (Å²) in [5.74, 6) is 1.50. The average molecular weight is 395 g/mol. The molecular weight excluding hydrogens is 372 g/mol. The second-order valence-corrected chi connectivity index (χ2v) is 8.98. The first kappa shape index (κ1) is 17.4. The monoisotopic (exact) mass is 394 g/mol. The van der Waals surface area contributed by atoms with Crippen LogP contribution in [0, 0.1) is 0 Å². The van der Waals surface area contributed by atoms with E-state index in [1.807, 2.05) is 48.9 Å². The van der Waals surface area contributed by atoms with E-state index in [0.717, 1.165) is 29.3 Å². The highest BCUT2D eigenvalue weighted by Gasteiger charge is 2.49. The Kier molecular flexibility index (Phi) is 3.80. The molecule has 1 aliphatic carbocycles. The maximum atomic E-state index is 13.2. The van der Waals surface area contributed by atoms with Crippen molar-refractivity contribution in [1.82, 2.24) is 15.0 Å². The van der Waals surface area contributed by atoms with E-state index >= 15 is 0 Å². The summed E-state index contributed by atoms with van der Waals surface area (Å²) in [6.07, 6.45) is 5.08. The van der Waals surface area contributed by atoms with Gasteiger partial charge in [0.25, 0.3) is 5.91 Å². The van der Waals surface area contributed by atoms with Gasteiger partial charge in [0, 0.05) is 31.5 Å². The fourth-order valence-electron chi connectivity index (χ4n) is 3.89. The molecule has 1 aliphatic heterocycles. The second-order valence-electron chi connectivity index (χ2n) is 7.95. The number of thiazole rings is 1. The number of benzene rings is 1. The lowest BCUT2D eigenvalue weighted by Crippen LogP contribution is -2.64. The molecule has 3 heterocycles. The second kappa shape index (κ2) is 6.13. The Balaban J connectivity index is 1.35. The molecular formula is C20H22N6OS. The van der Waals surface area contributed by atoms with Crippen molar-refractivity contribution in [3.63, 3.8) is 0 Å². The molecule has 8 heteroatoms. The molecule has 0 saturated heterocycles. The van der Waals surface area contributed by atoms with Gasteiger partial charge < -0.3 is 10.2 Å². The predicted octanol–water partition coefficient (Wildman–Crippen LogP) is 3.29. The van der Waals surface area contributed by atoms with Crippen LogP contribution in [0.1, 0.15) is 26.7 Å². The Bertz CT molecular complexity index is 1020. The number of amides is 1. The van der Waals surface area contributed by atoms with Gasteiger partial charge in [0.2, 0.25) is 0 Å². The lowest BCUT2D eigenvalue weighted by atomic mass is 9.83. The fraction of sp³-hybridized carbons (Fsp3) is 0.400. The van der Waals surface area contributed by atoms with E-state index in [4.69, 9.17) is 0 Å². The number of para-hydroxylation sites is 1. The lowest BCUT2D eigenvalue weighted by molar-refractivity contribution is -0.124. The maximum absolute atomic E-state index is 13.2. The van der Waals surface area contributed by atoms with Gasteiger partial charge in [-0.05, 0) is 38.8 Å². The molecule has 28 heavy (non-hydrogen) atoms. The van der Waals surface area contributed by atoms with Gasteiger partial charge in [0.05, 0.1) is 10.2 Å². The molecule has 1 aromatic carbocycles. The van der Waals surface area contributed by atoms with E-state index in [0.29, 0.717) is 11.9 Å².